The number of hydrogen-bond donors (Lipinski definition) is 3. The van der Waals surface area contributed by atoms with Gasteiger partial charge in [-0.2, -0.15) is 10.2 Å². The van der Waals surface area contributed by atoms with Gasteiger partial charge in [-0.15, -0.1) is 0 Å². The van der Waals surface area contributed by atoms with Crippen LogP contribution in [0.1, 0.15) is 16.1 Å². The zero-order valence-electron chi connectivity index (χ0n) is 10.8. The lowest BCUT2D eigenvalue weighted by molar-refractivity contribution is -0.384. The molecule has 1 aromatic heterocycles. The van der Waals surface area contributed by atoms with Crippen LogP contribution in [0.25, 0.3) is 0 Å². The van der Waals surface area contributed by atoms with Crippen LogP contribution in [0, 0.1) is 10.1 Å². The predicted molar refractivity (Wildman–Crippen MR) is 74.1 cm³/mol. The van der Waals surface area contributed by atoms with Crippen LogP contribution in [0.2, 0.25) is 0 Å². The highest BCUT2D eigenvalue weighted by molar-refractivity contribution is 6.00. The number of nitrogens with zero attached hydrogens (tertiary/aromatic N) is 3. The third-order valence-electron chi connectivity index (χ3n) is 2.67. The minimum absolute atomic E-state index is 0.0793. The van der Waals surface area contributed by atoms with Gasteiger partial charge in [0.25, 0.3) is 11.6 Å². The third-order valence-corrected chi connectivity index (χ3v) is 2.67. The molecule has 1 aromatic carbocycles. The lowest BCUT2D eigenvalue weighted by atomic mass is 10.1. The van der Waals surface area contributed by atoms with E-state index in [2.05, 4.69) is 20.9 Å². The molecule has 1 heterocycles. The Morgan fingerprint density at radius 3 is 2.81 bits per heavy atom. The maximum absolute atomic E-state index is 12.1. The molecule has 2 aromatic rings. The smallest absolute Gasteiger partial charge is 0.270 e. The first kappa shape index (κ1) is 14.3. The fourth-order valence-electron chi connectivity index (χ4n) is 1.65. The topological polar surface area (TPSA) is 136 Å². The van der Waals surface area contributed by atoms with Gasteiger partial charge in [0.1, 0.15) is 0 Å². The van der Waals surface area contributed by atoms with E-state index in [-0.39, 0.29) is 23.5 Å². The zero-order valence-corrected chi connectivity index (χ0v) is 10.8. The highest BCUT2D eigenvalue weighted by Gasteiger charge is 2.16. The van der Waals surface area contributed by atoms with Gasteiger partial charge in [-0.25, -0.2) is 0 Å². The van der Waals surface area contributed by atoms with Crippen molar-refractivity contribution in [3.05, 3.63) is 57.9 Å². The molecular weight excluding hydrogens is 276 g/mol. The Kier molecular flexibility index (Phi) is 4.36. The monoisotopic (exact) mass is 288 g/mol. The summed E-state index contributed by atoms with van der Waals surface area (Å²) in [7, 11) is 0. The lowest BCUT2D eigenvalue weighted by Crippen LogP contribution is -2.25. The summed E-state index contributed by atoms with van der Waals surface area (Å²) in [6, 6.07) is 7.17. The van der Waals surface area contributed by atoms with Gasteiger partial charge in [0.05, 0.1) is 28.4 Å². The molecule has 1 amide bonds. The molecule has 108 valence electrons. The molecule has 0 spiro atoms. The summed E-state index contributed by atoms with van der Waals surface area (Å²) in [6.07, 6.45) is 1.52. The molecule has 9 nitrogen and oxygen atoms in total. The average Bonchev–Trinajstić information content (AvgIpc) is 2.52. The first-order valence-corrected chi connectivity index (χ1v) is 5.91. The van der Waals surface area contributed by atoms with E-state index in [9.17, 15) is 14.9 Å². The second kappa shape index (κ2) is 6.39. The van der Waals surface area contributed by atoms with Crippen molar-refractivity contribution in [1.29, 1.82) is 0 Å². The van der Waals surface area contributed by atoms with E-state index in [0.29, 0.717) is 5.69 Å². The van der Waals surface area contributed by atoms with E-state index in [1.807, 2.05) is 0 Å². The van der Waals surface area contributed by atoms with Gasteiger partial charge in [-0.3, -0.25) is 20.8 Å². The van der Waals surface area contributed by atoms with Crippen LogP contribution in [-0.2, 0) is 6.54 Å². The number of aromatic nitrogens is 2. The molecule has 21 heavy (non-hydrogen) atoms. The number of non-ortho nitro benzene ring substituents is 1. The molecule has 0 saturated heterocycles. The van der Waals surface area contributed by atoms with E-state index >= 15 is 0 Å². The fourth-order valence-corrected chi connectivity index (χ4v) is 1.65. The second-order valence-electron chi connectivity index (χ2n) is 4.03. The number of benzene rings is 1. The van der Waals surface area contributed by atoms with Crippen LogP contribution in [0.4, 0.5) is 11.4 Å². The molecule has 0 bridgehead atoms. The number of nitro groups is 1. The van der Waals surface area contributed by atoms with E-state index < -0.39 is 10.8 Å². The summed E-state index contributed by atoms with van der Waals surface area (Å²) >= 11 is 0. The van der Waals surface area contributed by atoms with Crippen molar-refractivity contribution in [2.24, 2.45) is 5.84 Å². The number of carbonyl (C=O) groups is 1. The number of hydrogen-bond acceptors (Lipinski definition) is 7. The number of rotatable bonds is 5. The van der Waals surface area contributed by atoms with Gasteiger partial charge in [0.15, 0.2) is 0 Å². The van der Waals surface area contributed by atoms with Crippen molar-refractivity contribution in [1.82, 2.24) is 15.5 Å². The molecule has 0 fully saturated rings. The summed E-state index contributed by atoms with van der Waals surface area (Å²) in [5.74, 6) is 4.80. The molecule has 0 saturated carbocycles. The van der Waals surface area contributed by atoms with Gasteiger partial charge in [0.2, 0.25) is 0 Å². The van der Waals surface area contributed by atoms with E-state index in [1.165, 1.54) is 18.3 Å². The van der Waals surface area contributed by atoms with Crippen molar-refractivity contribution in [3.8, 4) is 0 Å². The highest BCUT2D eigenvalue weighted by Crippen LogP contribution is 2.21. The highest BCUT2D eigenvalue weighted by atomic mass is 16.6. The van der Waals surface area contributed by atoms with Crippen LogP contribution in [-0.4, -0.2) is 21.0 Å². The largest absolute Gasteiger partial charge is 0.346 e. The van der Waals surface area contributed by atoms with E-state index in [1.54, 1.807) is 12.1 Å². The van der Waals surface area contributed by atoms with Gasteiger partial charge >= 0.3 is 0 Å². The molecule has 0 aliphatic rings. The van der Waals surface area contributed by atoms with Crippen molar-refractivity contribution >= 4 is 17.3 Å². The Morgan fingerprint density at radius 2 is 2.19 bits per heavy atom. The number of hydrazine groups is 1. The number of nitrogen functional groups attached to an aromatic ring is 1. The molecule has 0 aliphatic heterocycles. The number of anilines is 1. The Morgan fingerprint density at radius 1 is 1.38 bits per heavy atom. The van der Waals surface area contributed by atoms with Crippen LogP contribution >= 0.6 is 0 Å². The minimum atomic E-state index is -0.584. The number of nitrogens with two attached hydrogens (primary N) is 1. The Labute approximate surface area is 119 Å². The molecular formula is C12H12N6O3. The number of amides is 1. The van der Waals surface area contributed by atoms with E-state index in [0.717, 1.165) is 6.07 Å². The summed E-state index contributed by atoms with van der Waals surface area (Å²) in [5.41, 5.74) is 3.07. The van der Waals surface area contributed by atoms with E-state index in [4.69, 9.17) is 5.84 Å². The quantitative estimate of drug-likeness (QED) is 0.416. The number of nitrogens with one attached hydrogen (secondary N) is 2. The molecule has 4 N–H and O–H groups in total. The minimum Gasteiger partial charge on any atom is -0.346 e. The predicted octanol–water partition coefficient (Wildman–Crippen LogP) is 0.600. The Bertz CT molecular complexity index is 661. The fraction of sp³-hybridized carbons (Fsp3) is 0.0833. The number of carbonyl (C=O) groups excluding carboxylic acids is 1. The Hall–Kier alpha value is -3.07. The molecule has 0 aliphatic carbocycles. The first-order chi connectivity index (χ1) is 10.1. The van der Waals surface area contributed by atoms with Gasteiger partial charge in [0, 0.05) is 18.3 Å². The van der Waals surface area contributed by atoms with Crippen LogP contribution < -0.4 is 16.6 Å². The third kappa shape index (κ3) is 3.48. The summed E-state index contributed by atoms with van der Waals surface area (Å²) in [5, 5.41) is 20.9. The molecule has 2 rings (SSSR count). The normalized spacial score (nSPS) is 9.95. The molecule has 0 unspecified atom stereocenters. The lowest BCUT2D eigenvalue weighted by Gasteiger charge is -2.09. The van der Waals surface area contributed by atoms with Gasteiger partial charge in [-0.1, -0.05) is 0 Å². The molecule has 0 atom stereocenters. The van der Waals surface area contributed by atoms with Crippen molar-refractivity contribution in [2.45, 2.75) is 6.54 Å². The number of nitro benzene ring substituents is 1. The van der Waals surface area contributed by atoms with Crippen molar-refractivity contribution in [2.75, 3.05) is 5.43 Å². The standard InChI is InChI=1S/C12H12N6O3/c13-16-11-4-3-9(18(20)21)6-10(11)12(19)14-7-8-2-1-5-15-17-8/h1-6,16H,7,13H2,(H,14,19). The SMILES string of the molecule is NNc1ccc([N+](=O)[O-])cc1C(=O)NCc1cccnn1. The van der Waals surface area contributed by atoms with Crippen LogP contribution in [0.5, 0.6) is 0 Å². The maximum Gasteiger partial charge on any atom is 0.270 e. The average molecular weight is 288 g/mol. The summed E-state index contributed by atoms with van der Waals surface area (Å²) < 4.78 is 0. The molecule has 9 heteroatoms. The van der Waals surface area contributed by atoms with Crippen molar-refractivity contribution in [3.63, 3.8) is 0 Å². The molecule has 0 radical (unpaired) electrons. The first-order valence-electron chi connectivity index (χ1n) is 5.91. The maximum atomic E-state index is 12.1. The Balaban J connectivity index is 2.17. The van der Waals surface area contributed by atoms with Crippen LogP contribution in [0.3, 0.4) is 0 Å². The second-order valence-corrected chi connectivity index (χ2v) is 4.03. The summed E-state index contributed by atoms with van der Waals surface area (Å²) in [4.78, 5) is 22.3. The van der Waals surface area contributed by atoms with Crippen LogP contribution in [0.15, 0.2) is 36.5 Å². The van der Waals surface area contributed by atoms with Gasteiger partial charge < -0.3 is 10.7 Å². The van der Waals surface area contributed by atoms with Crippen molar-refractivity contribution < 1.29 is 9.72 Å². The summed E-state index contributed by atoms with van der Waals surface area (Å²) in [6.45, 7) is 0.152. The van der Waals surface area contributed by atoms with Gasteiger partial charge in [-0.05, 0) is 18.2 Å². The zero-order chi connectivity index (χ0) is 15.2.